The second-order valence-electron chi connectivity index (χ2n) is 6.03. The number of H-pyrrole nitrogens is 1. The van der Waals surface area contributed by atoms with Crippen LogP contribution in [-0.2, 0) is 16.1 Å². The number of ether oxygens (including phenoxy) is 1. The number of thioether (sulfide) groups is 1. The van der Waals surface area contributed by atoms with E-state index in [-0.39, 0.29) is 22.9 Å². The van der Waals surface area contributed by atoms with Gasteiger partial charge in [-0.3, -0.25) is 0 Å². The minimum atomic E-state index is -0.681. The highest BCUT2D eigenvalue weighted by Crippen LogP contribution is 2.25. The molecule has 4 aromatic rings. The smallest absolute Gasteiger partial charge is 0.345 e. The van der Waals surface area contributed by atoms with Gasteiger partial charge in [-0.05, 0) is 24.3 Å². The van der Waals surface area contributed by atoms with Crippen LogP contribution in [0.4, 0.5) is 0 Å². The topological polar surface area (TPSA) is 119 Å². The molecule has 1 aromatic carbocycles. The Morgan fingerprint density at radius 3 is 2.93 bits per heavy atom. The molecule has 3 aromatic heterocycles. The van der Waals surface area contributed by atoms with E-state index in [1.54, 1.807) is 23.2 Å². The second-order valence-corrected chi connectivity index (χ2v) is 6.97. The number of aromatic nitrogens is 5. The van der Waals surface area contributed by atoms with E-state index in [1.165, 1.54) is 18.9 Å². The molecule has 0 fully saturated rings. The van der Waals surface area contributed by atoms with E-state index in [9.17, 15) is 9.90 Å². The van der Waals surface area contributed by atoms with Crippen molar-refractivity contribution in [3.8, 4) is 0 Å². The molecule has 29 heavy (non-hydrogen) atoms. The monoisotopic (exact) mass is 411 g/mol. The Balaban J connectivity index is 1.58. The van der Waals surface area contributed by atoms with Crippen LogP contribution in [0.15, 0.2) is 64.3 Å². The van der Waals surface area contributed by atoms with Gasteiger partial charge >= 0.3 is 5.97 Å². The molecule has 2 N–H and O–H groups in total. The Bertz CT molecular complexity index is 1130. The molecule has 0 aliphatic carbocycles. The number of benzene rings is 1. The van der Waals surface area contributed by atoms with Gasteiger partial charge in [0.1, 0.15) is 29.2 Å². The first-order chi connectivity index (χ1) is 14.2. The van der Waals surface area contributed by atoms with E-state index in [1.807, 2.05) is 30.3 Å². The molecular formula is C19H17N5O4S. The van der Waals surface area contributed by atoms with Gasteiger partial charge in [-0.2, -0.15) is 0 Å². The highest BCUT2D eigenvalue weighted by molar-refractivity contribution is 7.99. The molecule has 0 radical (unpaired) electrons. The van der Waals surface area contributed by atoms with Crippen molar-refractivity contribution >= 4 is 34.3 Å². The van der Waals surface area contributed by atoms with E-state index in [0.29, 0.717) is 17.2 Å². The van der Waals surface area contributed by atoms with Crippen LogP contribution in [0.2, 0.25) is 0 Å². The molecule has 4 rings (SSSR count). The summed E-state index contributed by atoms with van der Waals surface area (Å²) < 4.78 is 12.0. The summed E-state index contributed by atoms with van der Waals surface area (Å²) in [5.74, 6) is 0.225. The number of methoxy groups -OCH3 is 1. The Kier molecular flexibility index (Phi) is 5.34. The lowest BCUT2D eigenvalue weighted by Gasteiger charge is -2.08. The Morgan fingerprint density at radius 2 is 2.17 bits per heavy atom. The number of hydrogen-bond donors (Lipinski definition) is 2. The number of furan rings is 1. The lowest BCUT2D eigenvalue weighted by Crippen LogP contribution is -2.10. The number of para-hydroxylation sites is 2. The zero-order valence-corrected chi connectivity index (χ0v) is 16.2. The van der Waals surface area contributed by atoms with Gasteiger partial charge in [-0.1, -0.05) is 23.9 Å². The predicted octanol–water partition coefficient (Wildman–Crippen LogP) is 3.03. The molecule has 0 saturated heterocycles. The van der Waals surface area contributed by atoms with Crippen molar-refractivity contribution in [3.05, 3.63) is 66.3 Å². The van der Waals surface area contributed by atoms with E-state index in [2.05, 4.69) is 20.2 Å². The maximum absolute atomic E-state index is 12.3. The number of rotatable bonds is 7. The van der Waals surface area contributed by atoms with Crippen molar-refractivity contribution in [1.82, 2.24) is 24.7 Å². The zero-order valence-electron chi connectivity index (χ0n) is 15.4. The van der Waals surface area contributed by atoms with Gasteiger partial charge < -0.3 is 23.8 Å². The number of carbonyl (C=O) groups is 1. The Morgan fingerprint density at radius 1 is 1.31 bits per heavy atom. The van der Waals surface area contributed by atoms with Crippen molar-refractivity contribution in [1.29, 1.82) is 0 Å². The molecule has 9 nitrogen and oxygen atoms in total. The third-order valence-corrected chi connectivity index (χ3v) is 5.12. The first kappa shape index (κ1) is 18.8. The summed E-state index contributed by atoms with van der Waals surface area (Å²) in [4.78, 5) is 19.7. The molecular weight excluding hydrogens is 394 g/mol. The van der Waals surface area contributed by atoms with Crippen molar-refractivity contribution < 1.29 is 19.1 Å². The standard InChI is InChI=1S/C19H17N5O4S/c1-27-18(26)16(17-21-13-6-2-3-7-14(13)22-17)15(25)10-29-19-23-20-11-24(19)9-12-5-4-8-28-12/h2-8,11,25H,9-10H2,1H3,(H,21,22)/b16-15+. The average molecular weight is 411 g/mol. The van der Waals surface area contributed by atoms with Crippen LogP contribution in [0.5, 0.6) is 0 Å². The number of nitrogens with one attached hydrogen (secondary N) is 1. The summed E-state index contributed by atoms with van der Waals surface area (Å²) in [6.45, 7) is 0.459. The number of esters is 1. The number of nitrogens with zero attached hydrogens (tertiary/aromatic N) is 4. The van der Waals surface area contributed by atoms with E-state index in [0.717, 1.165) is 11.3 Å². The third kappa shape index (κ3) is 4.02. The van der Waals surface area contributed by atoms with Gasteiger partial charge in [0.2, 0.25) is 0 Å². The zero-order chi connectivity index (χ0) is 20.2. The lowest BCUT2D eigenvalue weighted by atomic mass is 10.2. The number of aliphatic hydroxyl groups is 1. The summed E-state index contributed by atoms with van der Waals surface area (Å²) >= 11 is 1.23. The molecule has 0 spiro atoms. The van der Waals surface area contributed by atoms with Crippen LogP contribution in [0, 0.1) is 0 Å². The lowest BCUT2D eigenvalue weighted by molar-refractivity contribution is -0.133. The van der Waals surface area contributed by atoms with Crippen LogP contribution in [-0.4, -0.2) is 48.7 Å². The molecule has 148 valence electrons. The SMILES string of the molecule is COC(=O)/C(=C(/O)CSc1nncn1Cc1ccco1)c1nc2ccccc2[nH]1. The fourth-order valence-electron chi connectivity index (χ4n) is 2.76. The first-order valence-corrected chi connectivity index (χ1v) is 9.63. The molecule has 0 saturated carbocycles. The van der Waals surface area contributed by atoms with Crippen molar-refractivity contribution in [3.63, 3.8) is 0 Å². The fraction of sp³-hybridized carbons (Fsp3) is 0.158. The molecule has 0 aliphatic rings. The summed E-state index contributed by atoms with van der Waals surface area (Å²) in [6, 6.07) is 11.0. The Labute approximate surface area is 169 Å². The van der Waals surface area contributed by atoms with E-state index < -0.39 is 5.97 Å². The Hall–Kier alpha value is -3.53. The average Bonchev–Trinajstić information content (AvgIpc) is 3.47. The van der Waals surface area contributed by atoms with Crippen LogP contribution in [0.1, 0.15) is 11.6 Å². The summed E-state index contributed by atoms with van der Waals surface area (Å²) in [5.41, 5.74) is 1.42. The molecule has 0 aliphatic heterocycles. The number of fused-ring (bicyclic) bond motifs is 1. The van der Waals surface area contributed by atoms with E-state index >= 15 is 0 Å². The fourth-order valence-corrected chi connectivity index (χ4v) is 3.56. The third-order valence-electron chi connectivity index (χ3n) is 4.13. The largest absolute Gasteiger partial charge is 0.510 e. The maximum Gasteiger partial charge on any atom is 0.345 e. The normalized spacial score (nSPS) is 12.2. The summed E-state index contributed by atoms with van der Waals surface area (Å²) in [7, 11) is 1.26. The second kappa shape index (κ2) is 8.23. The number of imidazole rings is 1. The minimum absolute atomic E-state index is 0.0201. The molecule has 0 unspecified atom stereocenters. The molecule has 0 atom stereocenters. The quantitative estimate of drug-likeness (QED) is 0.206. The number of hydrogen-bond acceptors (Lipinski definition) is 8. The van der Waals surface area contributed by atoms with Crippen molar-refractivity contribution in [2.24, 2.45) is 0 Å². The first-order valence-electron chi connectivity index (χ1n) is 8.64. The van der Waals surface area contributed by atoms with Gasteiger partial charge in [0, 0.05) is 0 Å². The minimum Gasteiger partial charge on any atom is -0.510 e. The highest BCUT2D eigenvalue weighted by Gasteiger charge is 2.22. The molecule has 3 heterocycles. The van der Waals surface area contributed by atoms with E-state index in [4.69, 9.17) is 9.15 Å². The van der Waals surface area contributed by atoms with Gasteiger partial charge in [-0.25, -0.2) is 9.78 Å². The van der Waals surface area contributed by atoms with Crippen molar-refractivity contribution in [2.75, 3.05) is 12.9 Å². The van der Waals surface area contributed by atoms with Gasteiger partial charge in [-0.15, -0.1) is 10.2 Å². The number of carbonyl (C=O) groups excluding carboxylic acids is 1. The number of aliphatic hydroxyl groups excluding tert-OH is 1. The number of aromatic amines is 1. The van der Waals surface area contributed by atoms with Gasteiger partial charge in [0.25, 0.3) is 0 Å². The van der Waals surface area contributed by atoms with Crippen LogP contribution in [0.3, 0.4) is 0 Å². The van der Waals surface area contributed by atoms with Gasteiger partial charge in [0.15, 0.2) is 5.16 Å². The van der Waals surface area contributed by atoms with Gasteiger partial charge in [0.05, 0.1) is 36.7 Å². The van der Waals surface area contributed by atoms with Crippen LogP contribution >= 0.6 is 11.8 Å². The summed E-state index contributed by atoms with van der Waals surface area (Å²) in [5, 5.41) is 19.2. The predicted molar refractivity (Wildman–Crippen MR) is 106 cm³/mol. The molecule has 0 bridgehead atoms. The maximum atomic E-state index is 12.3. The molecule has 10 heteroatoms. The molecule has 0 amide bonds. The van der Waals surface area contributed by atoms with Crippen LogP contribution in [0.25, 0.3) is 16.6 Å². The summed E-state index contributed by atoms with van der Waals surface area (Å²) in [6.07, 6.45) is 3.17. The van der Waals surface area contributed by atoms with Crippen LogP contribution < -0.4 is 0 Å². The van der Waals surface area contributed by atoms with Crippen molar-refractivity contribution in [2.45, 2.75) is 11.7 Å². The highest BCUT2D eigenvalue weighted by atomic mass is 32.2.